The van der Waals surface area contributed by atoms with Crippen LogP contribution in [0.4, 0.5) is 0 Å². The summed E-state index contributed by atoms with van der Waals surface area (Å²) in [7, 11) is 0. The Labute approximate surface area is 101 Å². The Morgan fingerprint density at radius 1 is 1.47 bits per heavy atom. The van der Waals surface area contributed by atoms with Crippen molar-refractivity contribution in [1.82, 2.24) is 0 Å². The molecule has 0 aromatic heterocycles. The Kier molecular flexibility index (Phi) is 4.85. The third kappa shape index (κ3) is 4.22. The van der Waals surface area contributed by atoms with Gasteiger partial charge >= 0.3 is 0 Å². The fourth-order valence-electron chi connectivity index (χ4n) is 2.07. The normalized spacial score (nSPS) is 29.2. The van der Waals surface area contributed by atoms with Crippen LogP contribution in [0.15, 0.2) is 0 Å². The summed E-state index contributed by atoms with van der Waals surface area (Å²) in [6.07, 6.45) is 0.722. The van der Waals surface area contributed by atoms with E-state index in [1.54, 1.807) is 13.8 Å². The Bertz CT molecular complexity index is 269. The topological polar surface area (TPSA) is 81.8 Å². The summed E-state index contributed by atoms with van der Waals surface area (Å²) in [5.74, 6) is -0.777. The second-order valence-corrected chi connectivity index (χ2v) is 4.86. The highest BCUT2D eigenvalue weighted by Gasteiger charge is 2.45. The Hall–Kier alpha value is -0.720. The molecule has 6 nitrogen and oxygen atoms in total. The molecule has 3 atom stereocenters. The molecule has 0 unspecified atom stereocenters. The quantitative estimate of drug-likeness (QED) is 0.565. The van der Waals surface area contributed by atoms with Crippen LogP contribution in [0.3, 0.4) is 0 Å². The van der Waals surface area contributed by atoms with Crippen LogP contribution in [-0.4, -0.2) is 40.7 Å². The minimum absolute atomic E-state index is 0.264. The predicted molar refractivity (Wildman–Crippen MR) is 61.2 cm³/mol. The van der Waals surface area contributed by atoms with E-state index in [1.807, 2.05) is 0 Å². The molecule has 1 heterocycles. The number of unbranched alkanes of at least 4 members (excludes halogenated alkanes) is 1. The summed E-state index contributed by atoms with van der Waals surface area (Å²) < 4.78 is 11.2. The monoisotopic (exact) mass is 247 g/mol. The number of nitro groups is 1. The van der Waals surface area contributed by atoms with E-state index in [1.165, 1.54) is 0 Å². The lowest BCUT2D eigenvalue weighted by Crippen LogP contribution is -2.39. The number of hydrogen-bond acceptors (Lipinski definition) is 5. The van der Waals surface area contributed by atoms with Crippen molar-refractivity contribution >= 4 is 0 Å². The van der Waals surface area contributed by atoms with Crippen LogP contribution in [-0.2, 0) is 9.47 Å². The third-order valence-electron chi connectivity index (χ3n) is 2.78. The summed E-state index contributed by atoms with van der Waals surface area (Å²) in [5, 5.41) is 20.2. The molecule has 0 aromatic rings. The summed E-state index contributed by atoms with van der Waals surface area (Å²) >= 11 is 0. The van der Waals surface area contributed by atoms with E-state index >= 15 is 0 Å². The molecule has 1 N–H and O–H groups in total. The van der Waals surface area contributed by atoms with Crippen LogP contribution < -0.4 is 0 Å². The second-order valence-electron chi connectivity index (χ2n) is 4.86. The van der Waals surface area contributed by atoms with E-state index in [0.717, 1.165) is 19.3 Å². The number of hydrogen-bond donors (Lipinski definition) is 1. The molecular weight excluding hydrogens is 226 g/mol. The molecule has 6 heteroatoms. The largest absolute Gasteiger partial charge is 0.383 e. The lowest BCUT2D eigenvalue weighted by atomic mass is 10.0. The summed E-state index contributed by atoms with van der Waals surface area (Å²) in [6.45, 7) is 5.06. The molecule has 0 saturated carbocycles. The molecule has 17 heavy (non-hydrogen) atoms. The first-order valence-electron chi connectivity index (χ1n) is 6.01. The van der Waals surface area contributed by atoms with Gasteiger partial charge in [0.1, 0.15) is 12.2 Å². The summed E-state index contributed by atoms with van der Waals surface area (Å²) in [4.78, 5) is 9.87. The molecule has 0 amide bonds. The van der Waals surface area contributed by atoms with E-state index in [9.17, 15) is 15.2 Å². The fourth-order valence-corrected chi connectivity index (χ4v) is 2.07. The molecule has 1 fully saturated rings. The van der Waals surface area contributed by atoms with Crippen LogP contribution in [0.5, 0.6) is 0 Å². The third-order valence-corrected chi connectivity index (χ3v) is 2.78. The zero-order valence-corrected chi connectivity index (χ0v) is 10.6. The van der Waals surface area contributed by atoms with Gasteiger partial charge in [0.25, 0.3) is 0 Å². The Morgan fingerprint density at radius 3 is 2.65 bits per heavy atom. The zero-order chi connectivity index (χ0) is 13.1. The minimum Gasteiger partial charge on any atom is -0.383 e. The molecule has 0 aromatic carbocycles. The van der Waals surface area contributed by atoms with Gasteiger partial charge in [-0.05, 0) is 20.3 Å². The van der Waals surface area contributed by atoms with E-state index in [-0.39, 0.29) is 6.10 Å². The highest BCUT2D eigenvalue weighted by Crippen LogP contribution is 2.32. The van der Waals surface area contributed by atoms with E-state index < -0.39 is 29.5 Å². The molecule has 1 rings (SSSR count). The maximum Gasteiger partial charge on any atom is 0.232 e. The average Bonchev–Trinajstić information content (AvgIpc) is 2.50. The lowest BCUT2D eigenvalue weighted by Gasteiger charge is -2.19. The van der Waals surface area contributed by atoms with Crippen molar-refractivity contribution in [3.8, 4) is 0 Å². The van der Waals surface area contributed by atoms with Crippen LogP contribution >= 0.6 is 0 Å². The molecular formula is C11H21NO5. The first kappa shape index (κ1) is 14.3. The first-order valence-corrected chi connectivity index (χ1v) is 6.01. The molecule has 0 aliphatic carbocycles. The Balaban J connectivity index is 2.62. The average molecular weight is 247 g/mol. The van der Waals surface area contributed by atoms with Crippen molar-refractivity contribution in [3.63, 3.8) is 0 Å². The highest BCUT2D eigenvalue weighted by atomic mass is 16.8. The fraction of sp³-hybridized carbons (Fsp3) is 1.00. The molecule has 1 saturated heterocycles. The molecule has 0 bridgehead atoms. The van der Waals surface area contributed by atoms with Gasteiger partial charge < -0.3 is 14.6 Å². The maximum atomic E-state index is 10.4. The summed E-state index contributed by atoms with van der Waals surface area (Å²) in [6, 6.07) is 0. The number of aliphatic hydroxyl groups excluding tert-OH is 1. The zero-order valence-electron chi connectivity index (χ0n) is 10.6. The second kappa shape index (κ2) is 5.75. The first-order chi connectivity index (χ1) is 7.85. The van der Waals surface area contributed by atoms with Crippen LogP contribution in [0.1, 0.15) is 40.0 Å². The number of nitrogens with zero attached hydrogens (tertiary/aromatic N) is 1. The molecule has 0 spiro atoms. The number of ether oxygens (including phenoxy) is 2. The molecule has 1 aliphatic rings. The SMILES string of the molecule is CCCC[C@@H]1OC(C)(C)O[C@H]1[C@@H](O)C[N+](=O)[O-]. The van der Waals surface area contributed by atoms with Gasteiger partial charge in [0.15, 0.2) is 5.79 Å². The Morgan fingerprint density at radius 2 is 2.12 bits per heavy atom. The van der Waals surface area contributed by atoms with E-state index in [2.05, 4.69) is 6.92 Å². The molecule has 0 radical (unpaired) electrons. The minimum atomic E-state index is -1.12. The van der Waals surface area contributed by atoms with Gasteiger partial charge in [0.2, 0.25) is 6.54 Å². The van der Waals surface area contributed by atoms with Crippen molar-refractivity contribution in [1.29, 1.82) is 0 Å². The van der Waals surface area contributed by atoms with Gasteiger partial charge in [-0.2, -0.15) is 0 Å². The van der Waals surface area contributed by atoms with Crippen molar-refractivity contribution < 1.29 is 19.5 Å². The smallest absolute Gasteiger partial charge is 0.232 e. The number of aliphatic hydroxyl groups is 1. The van der Waals surface area contributed by atoms with E-state index in [4.69, 9.17) is 9.47 Å². The van der Waals surface area contributed by atoms with E-state index in [0.29, 0.717) is 0 Å². The van der Waals surface area contributed by atoms with Crippen LogP contribution in [0.25, 0.3) is 0 Å². The van der Waals surface area contributed by atoms with Gasteiger partial charge in [0.05, 0.1) is 6.10 Å². The maximum absolute atomic E-state index is 10.4. The standard InChI is InChI=1S/C11H21NO5/c1-4-5-6-9-10(8(13)7-12(14)15)17-11(2,3)16-9/h8-10,13H,4-7H2,1-3H3/t8-,9-,10-/m0/s1. The lowest BCUT2D eigenvalue weighted by molar-refractivity contribution is -0.493. The highest BCUT2D eigenvalue weighted by molar-refractivity contribution is 4.86. The van der Waals surface area contributed by atoms with Crippen LogP contribution in [0.2, 0.25) is 0 Å². The van der Waals surface area contributed by atoms with Gasteiger partial charge in [0, 0.05) is 4.92 Å². The van der Waals surface area contributed by atoms with Crippen molar-refractivity contribution in [2.24, 2.45) is 0 Å². The molecule has 1 aliphatic heterocycles. The van der Waals surface area contributed by atoms with Gasteiger partial charge in [-0.15, -0.1) is 0 Å². The van der Waals surface area contributed by atoms with Gasteiger partial charge in [-0.25, -0.2) is 0 Å². The summed E-state index contributed by atoms with van der Waals surface area (Å²) in [5.41, 5.74) is 0. The predicted octanol–water partition coefficient (Wildman–Crippen LogP) is 1.33. The molecule has 100 valence electrons. The van der Waals surface area contributed by atoms with Crippen molar-refractivity contribution in [3.05, 3.63) is 10.1 Å². The van der Waals surface area contributed by atoms with Crippen LogP contribution in [0, 0.1) is 10.1 Å². The number of rotatable bonds is 6. The van der Waals surface area contributed by atoms with Gasteiger partial charge in [-0.3, -0.25) is 10.1 Å². The van der Waals surface area contributed by atoms with Crippen molar-refractivity contribution in [2.45, 2.75) is 64.1 Å². The van der Waals surface area contributed by atoms with Crippen molar-refractivity contribution in [2.75, 3.05) is 6.54 Å². The van der Waals surface area contributed by atoms with Gasteiger partial charge in [-0.1, -0.05) is 19.8 Å².